The van der Waals surface area contributed by atoms with Gasteiger partial charge < -0.3 is 14.2 Å². The smallest absolute Gasteiger partial charge is 0.144 e. The second-order valence-electron chi connectivity index (χ2n) is 3.53. The SMILES string of the molecule is COCCOc1cc(OC)cc2ncnc(Cl)c12. The maximum atomic E-state index is 6.07. The Hall–Kier alpha value is -1.59. The third kappa shape index (κ3) is 2.63. The van der Waals surface area contributed by atoms with Crippen molar-refractivity contribution in [2.24, 2.45) is 0 Å². The molecule has 0 radical (unpaired) electrons. The highest BCUT2D eigenvalue weighted by Gasteiger charge is 2.11. The summed E-state index contributed by atoms with van der Waals surface area (Å²) in [5, 5.41) is 1.03. The Morgan fingerprint density at radius 1 is 1.17 bits per heavy atom. The van der Waals surface area contributed by atoms with Crippen LogP contribution in [0.1, 0.15) is 0 Å². The Bertz CT molecular complexity index is 548. The fourth-order valence-corrected chi connectivity index (χ4v) is 1.79. The molecule has 0 saturated carbocycles. The van der Waals surface area contributed by atoms with Gasteiger partial charge in [-0.15, -0.1) is 0 Å². The third-order valence-corrected chi connectivity index (χ3v) is 2.70. The molecular weight excluding hydrogens is 256 g/mol. The number of fused-ring (bicyclic) bond motifs is 1. The number of nitrogens with zero attached hydrogens (tertiary/aromatic N) is 2. The minimum atomic E-state index is 0.357. The predicted molar refractivity (Wildman–Crippen MR) is 68.5 cm³/mol. The van der Waals surface area contributed by atoms with E-state index in [1.807, 2.05) is 0 Å². The van der Waals surface area contributed by atoms with E-state index in [0.717, 1.165) is 0 Å². The molecule has 2 aromatic rings. The molecule has 0 atom stereocenters. The van der Waals surface area contributed by atoms with E-state index >= 15 is 0 Å². The van der Waals surface area contributed by atoms with Crippen molar-refractivity contribution in [1.82, 2.24) is 9.97 Å². The molecule has 96 valence electrons. The number of benzene rings is 1. The minimum absolute atomic E-state index is 0.357. The number of aromatic nitrogens is 2. The van der Waals surface area contributed by atoms with Crippen LogP contribution >= 0.6 is 11.6 Å². The van der Waals surface area contributed by atoms with Crippen LogP contribution in [0.25, 0.3) is 10.9 Å². The average molecular weight is 269 g/mol. The van der Waals surface area contributed by atoms with E-state index in [2.05, 4.69) is 9.97 Å². The van der Waals surface area contributed by atoms with Gasteiger partial charge in [0.15, 0.2) is 0 Å². The first-order valence-electron chi connectivity index (χ1n) is 5.36. The van der Waals surface area contributed by atoms with E-state index in [9.17, 15) is 0 Å². The van der Waals surface area contributed by atoms with E-state index in [4.69, 9.17) is 25.8 Å². The molecule has 0 aliphatic rings. The molecule has 0 amide bonds. The average Bonchev–Trinajstić information content (AvgIpc) is 2.38. The summed E-state index contributed by atoms with van der Waals surface area (Å²) in [5.74, 6) is 1.25. The summed E-state index contributed by atoms with van der Waals surface area (Å²) in [5.41, 5.74) is 0.682. The fraction of sp³-hybridized carbons (Fsp3) is 0.333. The molecule has 1 aromatic carbocycles. The summed E-state index contributed by atoms with van der Waals surface area (Å²) in [6.45, 7) is 0.911. The highest BCUT2D eigenvalue weighted by molar-refractivity contribution is 6.34. The van der Waals surface area contributed by atoms with Crippen molar-refractivity contribution in [2.45, 2.75) is 0 Å². The maximum Gasteiger partial charge on any atom is 0.144 e. The number of rotatable bonds is 5. The Kier molecular flexibility index (Phi) is 4.17. The van der Waals surface area contributed by atoms with Gasteiger partial charge in [0, 0.05) is 19.2 Å². The summed E-state index contributed by atoms with van der Waals surface area (Å²) in [6, 6.07) is 3.54. The zero-order valence-electron chi connectivity index (χ0n) is 10.1. The molecule has 1 heterocycles. The molecule has 0 spiro atoms. The zero-order chi connectivity index (χ0) is 13.0. The lowest BCUT2D eigenvalue weighted by Crippen LogP contribution is -2.05. The third-order valence-electron chi connectivity index (χ3n) is 2.41. The summed E-state index contributed by atoms with van der Waals surface area (Å²) in [7, 11) is 3.20. The van der Waals surface area contributed by atoms with Crippen LogP contribution in [-0.2, 0) is 4.74 Å². The van der Waals surface area contributed by atoms with Crippen LogP contribution in [0.5, 0.6) is 11.5 Å². The number of halogens is 1. The van der Waals surface area contributed by atoms with E-state index in [0.29, 0.717) is 40.8 Å². The van der Waals surface area contributed by atoms with Crippen molar-refractivity contribution in [3.63, 3.8) is 0 Å². The molecular formula is C12H13ClN2O3. The molecule has 6 heteroatoms. The van der Waals surface area contributed by atoms with Crippen molar-refractivity contribution in [3.8, 4) is 11.5 Å². The van der Waals surface area contributed by atoms with Crippen molar-refractivity contribution < 1.29 is 14.2 Å². The molecule has 0 unspecified atom stereocenters. The zero-order valence-corrected chi connectivity index (χ0v) is 10.9. The van der Waals surface area contributed by atoms with Crippen molar-refractivity contribution in [2.75, 3.05) is 27.4 Å². The molecule has 18 heavy (non-hydrogen) atoms. The van der Waals surface area contributed by atoms with Gasteiger partial charge >= 0.3 is 0 Å². The number of ether oxygens (including phenoxy) is 3. The van der Waals surface area contributed by atoms with Gasteiger partial charge in [-0.1, -0.05) is 11.6 Å². The van der Waals surface area contributed by atoms with Gasteiger partial charge in [-0.25, -0.2) is 9.97 Å². The molecule has 0 aliphatic carbocycles. The number of hydrogen-bond acceptors (Lipinski definition) is 5. The first kappa shape index (κ1) is 12.9. The Labute approximate surface area is 110 Å². The molecule has 5 nitrogen and oxygen atoms in total. The molecule has 0 N–H and O–H groups in total. The topological polar surface area (TPSA) is 53.5 Å². The highest BCUT2D eigenvalue weighted by Crippen LogP contribution is 2.33. The Morgan fingerprint density at radius 3 is 2.72 bits per heavy atom. The van der Waals surface area contributed by atoms with Crippen LogP contribution in [0, 0.1) is 0 Å². The van der Waals surface area contributed by atoms with Gasteiger partial charge in [-0.05, 0) is 0 Å². The van der Waals surface area contributed by atoms with Gasteiger partial charge in [0.25, 0.3) is 0 Å². The van der Waals surface area contributed by atoms with E-state index in [1.165, 1.54) is 6.33 Å². The minimum Gasteiger partial charge on any atom is -0.497 e. The fourth-order valence-electron chi connectivity index (χ4n) is 1.56. The van der Waals surface area contributed by atoms with Gasteiger partial charge in [0.1, 0.15) is 29.6 Å². The first-order chi connectivity index (χ1) is 8.76. The Balaban J connectivity index is 2.46. The lowest BCUT2D eigenvalue weighted by Gasteiger charge is -2.11. The second-order valence-corrected chi connectivity index (χ2v) is 3.88. The van der Waals surface area contributed by atoms with Crippen LogP contribution in [0.15, 0.2) is 18.5 Å². The Morgan fingerprint density at radius 2 is 2.00 bits per heavy atom. The second kappa shape index (κ2) is 5.84. The highest BCUT2D eigenvalue weighted by atomic mass is 35.5. The molecule has 1 aromatic heterocycles. The predicted octanol–water partition coefficient (Wildman–Crippen LogP) is 2.32. The first-order valence-corrected chi connectivity index (χ1v) is 5.74. The molecule has 0 aliphatic heterocycles. The van der Waals surface area contributed by atoms with Crippen LogP contribution in [0.2, 0.25) is 5.15 Å². The number of hydrogen-bond donors (Lipinski definition) is 0. The molecule has 2 rings (SSSR count). The summed E-state index contributed by atoms with van der Waals surface area (Å²) in [4.78, 5) is 8.11. The number of methoxy groups -OCH3 is 2. The standard InChI is InChI=1S/C12H13ClN2O3/c1-16-3-4-18-10-6-8(17-2)5-9-11(10)12(13)15-7-14-9/h5-7H,3-4H2,1-2H3. The van der Waals surface area contributed by atoms with Crippen molar-refractivity contribution >= 4 is 22.5 Å². The van der Waals surface area contributed by atoms with Crippen molar-refractivity contribution in [1.29, 1.82) is 0 Å². The van der Waals surface area contributed by atoms with Gasteiger partial charge in [0.2, 0.25) is 0 Å². The lowest BCUT2D eigenvalue weighted by atomic mass is 10.2. The molecule has 0 bridgehead atoms. The normalized spacial score (nSPS) is 10.6. The van der Waals surface area contributed by atoms with Crippen molar-refractivity contribution in [3.05, 3.63) is 23.6 Å². The quantitative estimate of drug-likeness (QED) is 0.615. The van der Waals surface area contributed by atoms with Crippen LogP contribution in [0.3, 0.4) is 0 Å². The largest absolute Gasteiger partial charge is 0.497 e. The van der Waals surface area contributed by atoms with E-state index in [-0.39, 0.29) is 0 Å². The monoisotopic (exact) mass is 268 g/mol. The van der Waals surface area contributed by atoms with Gasteiger partial charge in [-0.2, -0.15) is 0 Å². The van der Waals surface area contributed by atoms with E-state index < -0.39 is 0 Å². The molecule has 0 saturated heterocycles. The van der Waals surface area contributed by atoms with Crippen LogP contribution in [-0.4, -0.2) is 37.4 Å². The van der Waals surface area contributed by atoms with Crippen LogP contribution < -0.4 is 9.47 Å². The maximum absolute atomic E-state index is 6.07. The van der Waals surface area contributed by atoms with Gasteiger partial charge in [-0.3, -0.25) is 0 Å². The van der Waals surface area contributed by atoms with Gasteiger partial charge in [0.05, 0.1) is 24.6 Å². The van der Waals surface area contributed by atoms with Crippen LogP contribution in [0.4, 0.5) is 0 Å². The summed E-state index contributed by atoms with van der Waals surface area (Å²) < 4.78 is 15.7. The molecule has 0 fully saturated rings. The summed E-state index contributed by atoms with van der Waals surface area (Å²) >= 11 is 6.07. The van der Waals surface area contributed by atoms with E-state index in [1.54, 1.807) is 26.4 Å². The lowest BCUT2D eigenvalue weighted by molar-refractivity contribution is 0.147. The summed E-state index contributed by atoms with van der Waals surface area (Å²) in [6.07, 6.45) is 1.41.